The van der Waals surface area contributed by atoms with Crippen molar-refractivity contribution in [3.05, 3.63) is 28.0 Å². The van der Waals surface area contributed by atoms with Gasteiger partial charge in [0.15, 0.2) is 0 Å². The number of hydrogen-bond donors (Lipinski definition) is 1. The summed E-state index contributed by atoms with van der Waals surface area (Å²) in [6.07, 6.45) is 6.16. The highest BCUT2D eigenvalue weighted by molar-refractivity contribution is 7.08. The van der Waals surface area contributed by atoms with Crippen LogP contribution in [0.3, 0.4) is 0 Å². The van der Waals surface area contributed by atoms with Crippen molar-refractivity contribution in [1.29, 1.82) is 0 Å². The van der Waals surface area contributed by atoms with Crippen molar-refractivity contribution in [3.8, 4) is 0 Å². The first kappa shape index (κ1) is 15.7. The molecule has 4 rings (SSSR count). The fourth-order valence-corrected chi connectivity index (χ4v) is 4.38. The zero-order valence-electron chi connectivity index (χ0n) is 13.7. The smallest absolute Gasteiger partial charge is 0.267 e. The summed E-state index contributed by atoms with van der Waals surface area (Å²) in [5, 5.41) is 11.4. The predicted octanol–water partition coefficient (Wildman–Crippen LogP) is 1.92. The van der Waals surface area contributed by atoms with Crippen LogP contribution in [-0.2, 0) is 23.2 Å². The number of aromatic amines is 1. The molecule has 1 fully saturated rings. The second-order valence-corrected chi connectivity index (χ2v) is 7.21. The number of ether oxygens (including phenoxy) is 1. The monoisotopic (exact) mass is 347 g/mol. The molecule has 2 aromatic heterocycles. The first-order valence-electron chi connectivity index (χ1n) is 8.51. The zero-order valence-corrected chi connectivity index (χ0v) is 14.6. The number of fused-ring (bicyclic) bond motifs is 2. The van der Waals surface area contributed by atoms with E-state index in [4.69, 9.17) is 4.74 Å². The van der Waals surface area contributed by atoms with E-state index < -0.39 is 0 Å². The quantitative estimate of drug-likeness (QED) is 0.917. The molecule has 1 saturated heterocycles. The van der Waals surface area contributed by atoms with Gasteiger partial charge in [-0.15, -0.1) is 5.10 Å². The Balaban J connectivity index is 1.49. The van der Waals surface area contributed by atoms with E-state index in [0.29, 0.717) is 18.0 Å². The standard InChI is InChI=1S/C16H21N5O2S/c1-2-3-12-13(24-20-18-12)15(22)21-7-5-16(6-8-21)14-11(4-9-23-16)10-17-19-14/h10H,2-9H2,1H3,(H,17,19). The highest BCUT2D eigenvalue weighted by Crippen LogP contribution is 2.40. The molecule has 4 heterocycles. The minimum absolute atomic E-state index is 0.0592. The van der Waals surface area contributed by atoms with Gasteiger partial charge in [-0.2, -0.15) is 5.10 Å². The molecule has 24 heavy (non-hydrogen) atoms. The van der Waals surface area contributed by atoms with Gasteiger partial charge in [0.05, 0.1) is 24.2 Å². The van der Waals surface area contributed by atoms with Crippen molar-refractivity contribution in [1.82, 2.24) is 24.7 Å². The number of piperidine rings is 1. The summed E-state index contributed by atoms with van der Waals surface area (Å²) in [6.45, 7) is 4.17. The Morgan fingerprint density at radius 2 is 2.29 bits per heavy atom. The number of aromatic nitrogens is 4. The Morgan fingerprint density at radius 3 is 3.08 bits per heavy atom. The third kappa shape index (κ3) is 2.53. The molecule has 0 atom stereocenters. The minimum Gasteiger partial charge on any atom is -0.368 e. The van der Waals surface area contributed by atoms with Gasteiger partial charge < -0.3 is 9.64 Å². The third-order valence-electron chi connectivity index (χ3n) is 5.02. The Morgan fingerprint density at radius 1 is 1.46 bits per heavy atom. The number of likely N-dealkylation sites (tertiary alicyclic amines) is 1. The van der Waals surface area contributed by atoms with E-state index >= 15 is 0 Å². The number of nitrogens with zero attached hydrogens (tertiary/aromatic N) is 4. The van der Waals surface area contributed by atoms with Crippen molar-refractivity contribution < 1.29 is 9.53 Å². The summed E-state index contributed by atoms with van der Waals surface area (Å²) in [6, 6.07) is 0. The van der Waals surface area contributed by atoms with E-state index in [1.165, 1.54) is 17.1 Å². The largest absolute Gasteiger partial charge is 0.368 e. The van der Waals surface area contributed by atoms with E-state index in [2.05, 4.69) is 26.7 Å². The molecule has 1 spiro atoms. The predicted molar refractivity (Wildman–Crippen MR) is 89.0 cm³/mol. The van der Waals surface area contributed by atoms with Crippen LogP contribution in [0.1, 0.15) is 52.8 Å². The lowest BCUT2D eigenvalue weighted by Crippen LogP contribution is -2.48. The van der Waals surface area contributed by atoms with Crippen molar-refractivity contribution >= 4 is 17.4 Å². The summed E-state index contributed by atoms with van der Waals surface area (Å²) in [4.78, 5) is 15.4. The molecule has 0 aromatic carbocycles. The molecule has 7 nitrogen and oxygen atoms in total. The lowest BCUT2D eigenvalue weighted by molar-refractivity contribution is -0.0962. The van der Waals surface area contributed by atoms with Crippen molar-refractivity contribution in [2.75, 3.05) is 19.7 Å². The molecule has 2 aliphatic heterocycles. The number of rotatable bonds is 3. The van der Waals surface area contributed by atoms with Crippen LogP contribution in [0.5, 0.6) is 0 Å². The van der Waals surface area contributed by atoms with Crippen LogP contribution >= 0.6 is 11.5 Å². The highest BCUT2D eigenvalue weighted by Gasteiger charge is 2.43. The molecule has 0 aliphatic carbocycles. The van der Waals surface area contributed by atoms with Gasteiger partial charge in [0.2, 0.25) is 0 Å². The topological polar surface area (TPSA) is 84.0 Å². The number of hydrogen-bond acceptors (Lipinski definition) is 6. The number of nitrogens with one attached hydrogen (secondary N) is 1. The van der Waals surface area contributed by atoms with Crippen LogP contribution < -0.4 is 0 Å². The molecule has 128 valence electrons. The molecule has 1 N–H and O–H groups in total. The highest BCUT2D eigenvalue weighted by atomic mass is 32.1. The van der Waals surface area contributed by atoms with Gasteiger partial charge in [-0.1, -0.05) is 17.8 Å². The molecule has 2 aliphatic rings. The molecule has 0 radical (unpaired) electrons. The van der Waals surface area contributed by atoms with Crippen molar-refractivity contribution in [3.63, 3.8) is 0 Å². The van der Waals surface area contributed by atoms with Gasteiger partial charge in [-0.05, 0) is 42.8 Å². The summed E-state index contributed by atoms with van der Waals surface area (Å²) in [5.41, 5.74) is 2.88. The van der Waals surface area contributed by atoms with Gasteiger partial charge in [0.25, 0.3) is 5.91 Å². The maximum Gasteiger partial charge on any atom is 0.267 e. The number of carbonyl (C=O) groups excluding carboxylic acids is 1. The lowest BCUT2D eigenvalue weighted by atomic mass is 9.83. The molecule has 0 unspecified atom stereocenters. The summed E-state index contributed by atoms with van der Waals surface area (Å²) in [7, 11) is 0. The minimum atomic E-state index is -0.306. The zero-order chi connectivity index (χ0) is 16.6. The first-order chi connectivity index (χ1) is 11.7. The Hall–Kier alpha value is -1.80. The Labute approximate surface area is 144 Å². The number of amides is 1. The fraction of sp³-hybridized carbons (Fsp3) is 0.625. The Bertz CT molecular complexity index is 732. The molecule has 2 aromatic rings. The van der Waals surface area contributed by atoms with Crippen LogP contribution in [0.25, 0.3) is 0 Å². The average Bonchev–Trinajstić information content (AvgIpc) is 3.25. The van der Waals surface area contributed by atoms with Gasteiger partial charge in [0, 0.05) is 13.1 Å². The first-order valence-corrected chi connectivity index (χ1v) is 9.28. The molecule has 0 saturated carbocycles. The SMILES string of the molecule is CCCc1nnsc1C(=O)N1CCC2(CC1)OCCc1cn[nH]c12. The molecule has 0 bridgehead atoms. The van der Waals surface area contributed by atoms with Crippen LogP contribution in [-0.4, -0.2) is 50.3 Å². The molecule has 8 heteroatoms. The number of H-pyrrole nitrogens is 1. The summed E-state index contributed by atoms with van der Waals surface area (Å²) < 4.78 is 10.1. The summed E-state index contributed by atoms with van der Waals surface area (Å²) in [5.74, 6) is 0.0592. The fourth-order valence-electron chi connectivity index (χ4n) is 3.70. The van der Waals surface area contributed by atoms with Gasteiger partial charge in [0.1, 0.15) is 10.5 Å². The van der Waals surface area contributed by atoms with Gasteiger partial charge >= 0.3 is 0 Å². The van der Waals surface area contributed by atoms with Crippen LogP contribution in [0, 0.1) is 0 Å². The average molecular weight is 347 g/mol. The van der Waals surface area contributed by atoms with E-state index in [1.807, 2.05) is 11.1 Å². The second kappa shape index (κ2) is 6.25. The van der Waals surface area contributed by atoms with E-state index in [-0.39, 0.29) is 11.5 Å². The van der Waals surface area contributed by atoms with E-state index in [9.17, 15) is 4.79 Å². The number of aryl methyl sites for hydroxylation is 1. The second-order valence-electron chi connectivity index (χ2n) is 6.45. The molecule has 1 amide bonds. The number of carbonyl (C=O) groups is 1. The van der Waals surface area contributed by atoms with Crippen LogP contribution in [0.4, 0.5) is 0 Å². The normalized spacial score (nSPS) is 19.5. The van der Waals surface area contributed by atoms with Gasteiger partial charge in [-0.25, -0.2) is 0 Å². The maximum atomic E-state index is 12.8. The maximum absolute atomic E-state index is 12.8. The lowest BCUT2D eigenvalue weighted by Gasteiger charge is -2.43. The third-order valence-corrected chi connectivity index (χ3v) is 5.77. The molecular weight excluding hydrogens is 326 g/mol. The molecular formula is C16H21N5O2S. The Kier molecular flexibility index (Phi) is 4.09. The van der Waals surface area contributed by atoms with E-state index in [1.54, 1.807) is 0 Å². The summed E-state index contributed by atoms with van der Waals surface area (Å²) >= 11 is 1.21. The van der Waals surface area contributed by atoms with E-state index in [0.717, 1.165) is 50.1 Å². The van der Waals surface area contributed by atoms with Crippen molar-refractivity contribution in [2.24, 2.45) is 0 Å². The van der Waals surface area contributed by atoms with Crippen LogP contribution in [0.2, 0.25) is 0 Å². The van der Waals surface area contributed by atoms with Gasteiger partial charge in [-0.3, -0.25) is 9.89 Å². The van der Waals surface area contributed by atoms with Crippen molar-refractivity contribution in [2.45, 2.75) is 44.6 Å². The van der Waals surface area contributed by atoms with Crippen LogP contribution in [0.15, 0.2) is 6.20 Å².